The Morgan fingerprint density at radius 1 is 1.00 bits per heavy atom. The topological polar surface area (TPSA) is 78.8 Å². The van der Waals surface area contributed by atoms with Gasteiger partial charge in [0.1, 0.15) is 6.54 Å². The molecule has 32 heavy (non-hydrogen) atoms. The first kappa shape index (κ1) is 24.1. The van der Waals surface area contributed by atoms with Crippen molar-refractivity contribution in [2.45, 2.75) is 11.8 Å². The zero-order valence-corrected chi connectivity index (χ0v) is 19.9. The molecule has 0 atom stereocenters. The number of rotatable bonds is 7. The van der Waals surface area contributed by atoms with Crippen molar-refractivity contribution in [3.05, 3.63) is 92.9 Å². The molecule has 166 valence electrons. The van der Waals surface area contributed by atoms with Crippen LogP contribution in [0, 0.1) is 6.92 Å². The zero-order chi connectivity index (χ0) is 23.3. The van der Waals surface area contributed by atoms with Crippen LogP contribution >= 0.6 is 34.8 Å². The number of sulfonamides is 1. The van der Waals surface area contributed by atoms with Gasteiger partial charge in [0, 0.05) is 15.6 Å². The van der Waals surface area contributed by atoms with Gasteiger partial charge in [0.05, 0.1) is 21.8 Å². The van der Waals surface area contributed by atoms with Gasteiger partial charge in [0.2, 0.25) is 0 Å². The van der Waals surface area contributed by atoms with Crippen LogP contribution in [0.3, 0.4) is 0 Å². The smallest absolute Gasteiger partial charge is 0.264 e. The van der Waals surface area contributed by atoms with Crippen molar-refractivity contribution in [1.82, 2.24) is 5.43 Å². The van der Waals surface area contributed by atoms with Gasteiger partial charge in [-0.05, 0) is 55.0 Å². The summed E-state index contributed by atoms with van der Waals surface area (Å²) in [5.41, 5.74) is 3.80. The van der Waals surface area contributed by atoms with Gasteiger partial charge in [-0.25, -0.2) is 13.8 Å². The Labute approximate surface area is 201 Å². The number of hydrogen-bond donors (Lipinski definition) is 1. The standard InChI is InChI=1S/C22H18Cl3N3O3S/c1-15-11-17(23)9-10-21(15)28(32(30,31)19-5-3-2-4-6-19)14-22(29)27-26-13-16-7-8-18(24)12-20(16)25/h2-13H,14H2,1H3,(H,27,29)/b26-13-. The number of carbonyl (C=O) groups excluding carboxylic acids is 1. The Kier molecular flexibility index (Phi) is 7.79. The second kappa shape index (κ2) is 10.4. The van der Waals surface area contributed by atoms with Gasteiger partial charge in [-0.1, -0.05) is 59.1 Å². The third kappa shape index (κ3) is 5.81. The summed E-state index contributed by atoms with van der Waals surface area (Å²) in [5.74, 6) is -0.639. The summed E-state index contributed by atoms with van der Waals surface area (Å²) in [7, 11) is -4.03. The molecule has 0 radical (unpaired) electrons. The van der Waals surface area contributed by atoms with Crippen LogP contribution in [0.1, 0.15) is 11.1 Å². The molecule has 0 heterocycles. The second-order valence-electron chi connectivity index (χ2n) is 6.71. The molecule has 3 aromatic carbocycles. The average Bonchev–Trinajstić information content (AvgIpc) is 2.74. The fourth-order valence-electron chi connectivity index (χ4n) is 2.86. The number of halogens is 3. The molecule has 0 unspecified atom stereocenters. The Bertz CT molecular complexity index is 1270. The summed E-state index contributed by atoms with van der Waals surface area (Å²) in [6.45, 7) is 1.22. The van der Waals surface area contributed by atoms with Crippen molar-refractivity contribution in [2.24, 2.45) is 5.10 Å². The molecule has 3 aromatic rings. The fraction of sp³-hybridized carbons (Fsp3) is 0.0909. The molecule has 0 spiro atoms. The van der Waals surface area contributed by atoms with Crippen molar-refractivity contribution in [2.75, 3.05) is 10.8 Å². The highest BCUT2D eigenvalue weighted by atomic mass is 35.5. The first-order chi connectivity index (χ1) is 15.2. The number of carbonyl (C=O) groups is 1. The highest BCUT2D eigenvalue weighted by Gasteiger charge is 2.28. The molecule has 1 N–H and O–H groups in total. The lowest BCUT2D eigenvalue weighted by Crippen LogP contribution is -2.40. The van der Waals surface area contributed by atoms with E-state index >= 15 is 0 Å². The molecular weight excluding hydrogens is 493 g/mol. The SMILES string of the molecule is Cc1cc(Cl)ccc1N(CC(=O)N/N=C\c1ccc(Cl)cc1Cl)S(=O)(=O)c1ccccc1. The Morgan fingerprint density at radius 3 is 2.31 bits per heavy atom. The van der Waals surface area contributed by atoms with E-state index in [4.69, 9.17) is 34.8 Å². The van der Waals surface area contributed by atoms with E-state index in [-0.39, 0.29) is 4.90 Å². The molecule has 0 aliphatic heterocycles. The highest BCUT2D eigenvalue weighted by Crippen LogP contribution is 2.28. The maximum absolute atomic E-state index is 13.3. The van der Waals surface area contributed by atoms with Gasteiger partial charge >= 0.3 is 0 Å². The lowest BCUT2D eigenvalue weighted by molar-refractivity contribution is -0.119. The highest BCUT2D eigenvalue weighted by molar-refractivity contribution is 7.92. The van der Waals surface area contributed by atoms with E-state index in [0.717, 1.165) is 4.31 Å². The molecule has 0 aliphatic rings. The van der Waals surface area contributed by atoms with Gasteiger partial charge in [-0.2, -0.15) is 5.10 Å². The van der Waals surface area contributed by atoms with Crippen molar-refractivity contribution >= 4 is 62.6 Å². The van der Waals surface area contributed by atoms with Crippen molar-refractivity contribution in [1.29, 1.82) is 0 Å². The maximum atomic E-state index is 13.3. The van der Waals surface area contributed by atoms with Crippen LogP contribution in [0.25, 0.3) is 0 Å². The van der Waals surface area contributed by atoms with Gasteiger partial charge in [-0.3, -0.25) is 9.10 Å². The normalized spacial score (nSPS) is 11.5. The molecule has 1 amide bonds. The van der Waals surface area contributed by atoms with Crippen LogP contribution < -0.4 is 9.73 Å². The lowest BCUT2D eigenvalue weighted by Gasteiger charge is -2.25. The number of anilines is 1. The van der Waals surface area contributed by atoms with E-state index in [1.54, 1.807) is 61.5 Å². The molecular formula is C22H18Cl3N3O3S. The van der Waals surface area contributed by atoms with E-state index in [2.05, 4.69) is 10.5 Å². The molecule has 0 saturated heterocycles. The van der Waals surface area contributed by atoms with Crippen LogP contribution in [0.5, 0.6) is 0 Å². The van der Waals surface area contributed by atoms with Crippen molar-refractivity contribution in [3.8, 4) is 0 Å². The number of nitrogens with one attached hydrogen (secondary N) is 1. The first-order valence-corrected chi connectivity index (χ1v) is 11.9. The van der Waals surface area contributed by atoms with E-state index in [1.807, 2.05) is 0 Å². The number of nitrogens with zero attached hydrogens (tertiary/aromatic N) is 2. The summed E-state index contributed by atoms with van der Waals surface area (Å²) in [6, 6.07) is 17.4. The Morgan fingerprint density at radius 2 is 1.66 bits per heavy atom. The fourth-order valence-corrected chi connectivity index (χ4v) is 5.05. The molecule has 0 saturated carbocycles. The minimum absolute atomic E-state index is 0.0543. The molecule has 0 fully saturated rings. The van der Waals surface area contributed by atoms with E-state index in [9.17, 15) is 13.2 Å². The largest absolute Gasteiger partial charge is 0.271 e. The first-order valence-electron chi connectivity index (χ1n) is 9.29. The lowest BCUT2D eigenvalue weighted by atomic mass is 10.2. The number of hydrazone groups is 1. The van der Waals surface area contributed by atoms with Crippen molar-refractivity contribution < 1.29 is 13.2 Å². The Balaban J connectivity index is 1.87. The molecule has 3 rings (SSSR count). The minimum atomic E-state index is -4.03. The van der Waals surface area contributed by atoms with Crippen LogP contribution in [0.2, 0.25) is 15.1 Å². The van der Waals surface area contributed by atoms with Crippen LogP contribution in [-0.4, -0.2) is 27.1 Å². The molecule has 0 aromatic heterocycles. The molecule has 6 nitrogen and oxygen atoms in total. The Hall–Kier alpha value is -2.58. The van der Waals surface area contributed by atoms with Gasteiger partial charge in [-0.15, -0.1) is 0 Å². The quantitative estimate of drug-likeness (QED) is 0.346. The van der Waals surface area contributed by atoms with Crippen LogP contribution in [0.15, 0.2) is 76.7 Å². The minimum Gasteiger partial charge on any atom is -0.271 e. The van der Waals surface area contributed by atoms with E-state index in [1.165, 1.54) is 18.3 Å². The maximum Gasteiger partial charge on any atom is 0.264 e. The summed E-state index contributed by atoms with van der Waals surface area (Å²) in [6.07, 6.45) is 1.35. The van der Waals surface area contributed by atoms with Crippen LogP contribution in [-0.2, 0) is 14.8 Å². The van der Waals surface area contributed by atoms with E-state index in [0.29, 0.717) is 31.9 Å². The van der Waals surface area contributed by atoms with Gasteiger partial charge in [0.25, 0.3) is 15.9 Å². The number of benzene rings is 3. The zero-order valence-electron chi connectivity index (χ0n) is 16.8. The van der Waals surface area contributed by atoms with Gasteiger partial charge < -0.3 is 0 Å². The van der Waals surface area contributed by atoms with Crippen molar-refractivity contribution in [3.63, 3.8) is 0 Å². The summed E-state index contributed by atoms with van der Waals surface area (Å²) in [4.78, 5) is 12.7. The summed E-state index contributed by atoms with van der Waals surface area (Å²) >= 11 is 18.0. The summed E-state index contributed by atoms with van der Waals surface area (Å²) in [5, 5.41) is 5.16. The van der Waals surface area contributed by atoms with Gasteiger partial charge in [0.15, 0.2) is 0 Å². The molecule has 10 heteroatoms. The number of aryl methyl sites for hydroxylation is 1. The monoisotopic (exact) mass is 509 g/mol. The predicted molar refractivity (Wildman–Crippen MR) is 129 cm³/mol. The summed E-state index contributed by atoms with van der Waals surface area (Å²) < 4.78 is 27.7. The molecule has 0 aliphatic carbocycles. The third-order valence-electron chi connectivity index (χ3n) is 4.40. The molecule has 0 bridgehead atoms. The van der Waals surface area contributed by atoms with Crippen LogP contribution in [0.4, 0.5) is 5.69 Å². The van der Waals surface area contributed by atoms with E-state index < -0.39 is 22.5 Å². The third-order valence-corrected chi connectivity index (χ3v) is 6.97. The second-order valence-corrected chi connectivity index (χ2v) is 9.86. The number of hydrogen-bond acceptors (Lipinski definition) is 4. The predicted octanol–water partition coefficient (Wildman–Crippen LogP) is 5.30. The average molecular weight is 511 g/mol. The number of amides is 1.